The summed E-state index contributed by atoms with van der Waals surface area (Å²) in [5, 5.41) is 0. The minimum Gasteiger partial charge on any atom is -0.207 e. The molecule has 9 aromatic carbocycles. The van der Waals surface area contributed by atoms with Crippen molar-refractivity contribution in [3.63, 3.8) is 0 Å². The molecule has 0 bridgehead atoms. The molecule has 0 radical (unpaired) electrons. The van der Waals surface area contributed by atoms with Gasteiger partial charge in [0.15, 0.2) is 0 Å². The molecule has 0 N–H and O–H groups in total. The SMILES string of the molecule is Cc1c(C(F)(F)F)c(C(F)(F)F)c(C(F)(F)F)c(C(F)(F)F)c1C(F)(F)F.Cc1c(C(F)(F)F)cc(C(F)(F)F)cc1C(F)(F)F.Cc1c(C(F)(F)F)cccc1C(F)(F)F.Cc1c(F)cc(F)cc1F.Cc1cc(C(F)(F)F)cc(C(F)(F)F)c1.Cc1ccc(-c2ccccc2)cc1F.Cc1ccc(C(F)(F)F)cc1.Cc1cccc(C(F)(F)F)c1. The fraction of sp³-hybridized carbons (Fsp3) is 0.289. The highest BCUT2D eigenvalue weighted by Crippen LogP contribution is 2.57. The highest BCUT2D eigenvalue weighted by molar-refractivity contribution is 5.64. The summed E-state index contributed by atoms with van der Waals surface area (Å²) >= 11 is 0. The lowest BCUT2D eigenvalue weighted by Crippen LogP contribution is -2.32. The van der Waals surface area contributed by atoms with Crippen LogP contribution in [0.1, 0.15) is 122 Å². The largest absolute Gasteiger partial charge is 0.417 e. The Bertz CT molecular complexity index is 4740. The van der Waals surface area contributed by atoms with E-state index in [2.05, 4.69) is 0 Å². The normalized spacial score (nSPS) is 12.7. The summed E-state index contributed by atoms with van der Waals surface area (Å²) in [6, 6.07) is 29.5. The lowest BCUT2D eigenvalue weighted by molar-refractivity contribution is -0.189. The molecule has 676 valence electrons. The third-order valence-electron chi connectivity index (χ3n) is 15.4. The predicted molar refractivity (Wildman–Crippen MR) is 345 cm³/mol. The predicted octanol–water partition coefficient (Wildman–Crippen LogP) is 32.4. The number of alkyl halides is 42. The number of hydrogen-bond donors (Lipinski definition) is 0. The van der Waals surface area contributed by atoms with Crippen LogP contribution in [0.15, 0.2) is 158 Å². The van der Waals surface area contributed by atoms with E-state index in [1.807, 2.05) is 36.4 Å². The Balaban J connectivity index is 0.000000482. The Morgan fingerprint density at radius 3 is 0.787 bits per heavy atom. The lowest BCUT2D eigenvalue weighted by Gasteiger charge is -2.29. The maximum Gasteiger partial charge on any atom is 0.417 e. The number of halogens is 46. The van der Waals surface area contributed by atoms with Gasteiger partial charge in [-0.2, -0.15) is 184 Å². The summed E-state index contributed by atoms with van der Waals surface area (Å²) in [4.78, 5) is 0. The van der Waals surface area contributed by atoms with Crippen molar-refractivity contribution in [2.75, 3.05) is 0 Å². The Kier molecular flexibility index (Phi) is 34.9. The average molecular weight is 1840 g/mol. The molecule has 0 unspecified atom stereocenters. The van der Waals surface area contributed by atoms with Gasteiger partial charge in [-0.25, -0.2) is 17.6 Å². The van der Waals surface area contributed by atoms with Crippen molar-refractivity contribution in [2.45, 2.75) is 142 Å². The van der Waals surface area contributed by atoms with Crippen molar-refractivity contribution in [3.8, 4) is 11.1 Å². The highest BCUT2D eigenvalue weighted by atomic mass is 19.5. The van der Waals surface area contributed by atoms with Crippen LogP contribution in [0.4, 0.5) is 202 Å². The molecule has 0 aliphatic rings. The maximum atomic E-state index is 13.3. The molecule has 0 atom stereocenters. The number of hydrogen-bond acceptors (Lipinski definition) is 0. The van der Waals surface area contributed by atoms with E-state index in [0.29, 0.717) is 54.4 Å². The minimum atomic E-state index is -6.84. The van der Waals surface area contributed by atoms with E-state index >= 15 is 0 Å². The van der Waals surface area contributed by atoms with E-state index in [1.165, 1.54) is 32.0 Å². The summed E-state index contributed by atoms with van der Waals surface area (Å²) < 4.78 is 573. The molecule has 0 aliphatic carbocycles. The third kappa shape index (κ3) is 32.2. The van der Waals surface area contributed by atoms with E-state index in [9.17, 15) is 202 Å². The summed E-state index contributed by atoms with van der Waals surface area (Å²) in [7, 11) is 0. The molecule has 0 amide bonds. The van der Waals surface area contributed by atoms with Gasteiger partial charge in [0, 0.05) is 17.7 Å². The molecular weight excluding hydrogens is 1790 g/mol. The molecule has 46 heteroatoms. The Labute approximate surface area is 657 Å². The fourth-order valence-electron chi connectivity index (χ4n) is 9.84. The number of rotatable bonds is 1. The van der Waals surface area contributed by atoms with Crippen LogP contribution in [-0.2, 0) is 86.5 Å². The molecule has 0 saturated carbocycles. The summed E-state index contributed by atoms with van der Waals surface area (Å²) in [6.07, 6.45) is -76.6. The van der Waals surface area contributed by atoms with Crippen molar-refractivity contribution < 1.29 is 202 Å². The van der Waals surface area contributed by atoms with Crippen LogP contribution < -0.4 is 0 Å². The van der Waals surface area contributed by atoms with E-state index in [-0.39, 0.29) is 35.1 Å². The molecule has 0 nitrogen and oxygen atoms in total. The summed E-state index contributed by atoms with van der Waals surface area (Å²) in [5.41, 5.74) is -31.9. The van der Waals surface area contributed by atoms with E-state index in [4.69, 9.17) is 0 Å². The smallest absolute Gasteiger partial charge is 0.207 e. The molecule has 0 fully saturated rings. The topological polar surface area (TPSA) is 0 Å². The molecular formula is C76H50F46. The molecule has 0 spiro atoms. The van der Waals surface area contributed by atoms with Crippen LogP contribution in [0.2, 0.25) is 0 Å². The molecule has 0 aliphatic heterocycles. The van der Waals surface area contributed by atoms with Gasteiger partial charge in [0.25, 0.3) is 0 Å². The van der Waals surface area contributed by atoms with Crippen LogP contribution >= 0.6 is 0 Å². The molecule has 122 heavy (non-hydrogen) atoms. The van der Waals surface area contributed by atoms with E-state index in [1.54, 1.807) is 39.0 Å². The fourth-order valence-corrected chi connectivity index (χ4v) is 9.84. The van der Waals surface area contributed by atoms with Gasteiger partial charge in [-0.3, -0.25) is 0 Å². The Morgan fingerprint density at radius 1 is 0.172 bits per heavy atom. The molecule has 9 aromatic rings. The monoisotopic (exact) mass is 1840 g/mol. The van der Waals surface area contributed by atoms with Crippen molar-refractivity contribution in [3.05, 3.63) is 303 Å². The summed E-state index contributed by atoms with van der Waals surface area (Å²) in [6.45, 7) is 8.46. The van der Waals surface area contributed by atoms with Gasteiger partial charge in [-0.05, 0) is 161 Å². The van der Waals surface area contributed by atoms with Crippen molar-refractivity contribution >= 4 is 0 Å². The second-order valence-corrected chi connectivity index (χ2v) is 24.8. The van der Waals surface area contributed by atoms with Crippen LogP contribution in [-0.4, -0.2) is 0 Å². The van der Waals surface area contributed by atoms with Gasteiger partial charge >= 0.3 is 86.5 Å². The first-order valence-corrected chi connectivity index (χ1v) is 32.0. The van der Waals surface area contributed by atoms with Gasteiger partial charge in [-0.15, -0.1) is 0 Å². The molecule has 0 aromatic heterocycles. The van der Waals surface area contributed by atoms with Gasteiger partial charge in [0.2, 0.25) is 0 Å². The Morgan fingerprint density at radius 2 is 0.484 bits per heavy atom. The lowest BCUT2D eigenvalue weighted by atomic mass is 9.85. The zero-order valence-electron chi connectivity index (χ0n) is 61.4. The quantitative estimate of drug-likeness (QED) is 0.144. The third-order valence-corrected chi connectivity index (χ3v) is 15.4. The van der Waals surface area contributed by atoms with Crippen molar-refractivity contribution in [2.24, 2.45) is 0 Å². The number of benzene rings is 9. The zero-order chi connectivity index (χ0) is 95.6. The highest BCUT2D eigenvalue weighted by Gasteiger charge is 2.60. The van der Waals surface area contributed by atoms with Crippen LogP contribution in [0.25, 0.3) is 11.1 Å². The molecule has 0 heterocycles. The van der Waals surface area contributed by atoms with Crippen LogP contribution in [0.5, 0.6) is 0 Å². The van der Waals surface area contributed by atoms with Crippen molar-refractivity contribution in [1.29, 1.82) is 0 Å². The first-order valence-electron chi connectivity index (χ1n) is 32.0. The second-order valence-electron chi connectivity index (χ2n) is 24.8. The van der Waals surface area contributed by atoms with Gasteiger partial charge < -0.3 is 0 Å². The van der Waals surface area contributed by atoms with E-state index < -0.39 is 205 Å². The molecule has 9 rings (SSSR count). The van der Waals surface area contributed by atoms with E-state index in [0.717, 1.165) is 53.9 Å². The standard InChI is InChI=1S/C13H11F.C12H3F15.C10H5F9.2C9H6F6.2C8H7F3.C7H5F3/c1-10-7-8-12(9-13(10)14)11-5-3-2-4-6-11;1-2-3(8(13,14)15)5(10(19,20)21)7(12(25,26)27)6(11(22,23)24)4(2)9(16,17)18;1-4-6(9(14,15)16)2-5(8(11,12)13)3-7(4)10(17,18)19;1-5-2-6(8(10,11)12)4-7(3-5)9(13,14)15;1-5-6(8(10,11)12)3-2-4-7(5)9(13,14)15;1-6-2-4-7(5-3-6)8(9,10)11;1-6-3-2-4-7(5-6)8(9,10)11;1-4-6(9)2-5(8)3-7(4)10/h2-9H,1H3;1H3;2-3H,1H3;2*2-4H,1H3;2*2-5H,1H3;2-3H,1H3. The van der Waals surface area contributed by atoms with Gasteiger partial charge in [0.05, 0.1) is 77.9 Å². The number of aryl methyl sites for hydroxylation is 4. The maximum absolute atomic E-state index is 13.3. The first kappa shape index (κ1) is 108. The van der Waals surface area contributed by atoms with Crippen LogP contribution in [0.3, 0.4) is 0 Å². The Hall–Kier alpha value is -10.2. The van der Waals surface area contributed by atoms with Crippen molar-refractivity contribution in [1.82, 2.24) is 0 Å². The van der Waals surface area contributed by atoms with Gasteiger partial charge in [0.1, 0.15) is 23.3 Å². The van der Waals surface area contributed by atoms with Crippen LogP contribution in [0, 0.1) is 78.7 Å². The zero-order valence-corrected chi connectivity index (χ0v) is 61.4. The summed E-state index contributed by atoms with van der Waals surface area (Å²) in [5.74, 6) is -2.73. The minimum absolute atomic E-state index is 0.0721. The first-order chi connectivity index (χ1) is 54.4. The molecule has 0 saturated heterocycles. The van der Waals surface area contributed by atoms with Gasteiger partial charge in [-0.1, -0.05) is 90.0 Å². The average Bonchev–Trinajstić information content (AvgIpc) is 0.707. The second kappa shape index (κ2) is 39.5.